The molecule has 0 spiro atoms. The second-order valence-corrected chi connectivity index (χ2v) is 8.08. The van der Waals surface area contributed by atoms with Crippen LogP contribution in [0.15, 0.2) is 48.1 Å². The first-order valence-corrected chi connectivity index (χ1v) is 10.7. The van der Waals surface area contributed by atoms with Gasteiger partial charge < -0.3 is 10.6 Å². The molecule has 0 radical (unpaired) electrons. The number of carbonyl (C=O) groups excluding carboxylic acids is 1. The van der Waals surface area contributed by atoms with E-state index in [0.717, 1.165) is 24.5 Å². The molecule has 7 nitrogen and oxygen atoms in total. The van der Waals surface area contributed by atoms with E-state index in [1.54, 1.807) is 11.4 Å². The quantitative estimate of drug-likeness (QED) is 0.351. The van der Waals surface area contributed by atoms with Crippen molar-refractivity contribution in [1.82, 2.24) is 25.3 Å². The number of hydrogen-bond donors (Lipinski definition) is 2. The Hall–Kier alpha value is -3.81. The second kappa shape index (κ2) is 9.44. The molecule has 0 saturated carbocycles. The van der Waals surface area contributed by atoms with Gasteiger partial charge in [-0.15, -0.1) is 11.3 Å². The SMILES string of the molecule is O=C(NCc1ccc(C(F)(F)F)nc1)c1nc(NCc2ccc(C(F)(F)F)nc2)nc2ccsc12. The van der Waals surface area contributed by atoms with Crippen molar-refractivity contribution in [1.29, 1.82) is 0 Å². The smallest absolute Gasteiger partial charge is 0.350 e. The number of amides is 1. The van der Waals surface area contributed by atoms with E-state index in [2.05, 4.69) is 30.6 Å². The lowest BCUT2D eigenvalue weighted by atomic mass is 10.2. The molecule has 0 bridgehead atoms. The van der Waals surface area contributed by atoms with Gasteiger partial charge in [-0.3, -0.25) is 14.8 Å². The molecule has 2 N–H and O–H groups in total. The van der Waals surface area contributed by atoms with Crippen molar-refractivity contribution in [2.45, 2.75) is 25.4 Å². The average Bonchev–Trinajstić information content (AvgIpc) is 3.29. The first-order chi connectivity index (χ1) is 16.5. The van der Waals surface area contributed by atoms with Crippen LogP contribution in [0.2, 0.25) is 0 Å². The summed E-state index contributed by atoms with van der Waals surface area (Å²) in [5, 5.41) is 7.15. The molecule has 14 heteroatoms. The lowest BCUT2D eigenvalue weighted by molar-refractivity contribution is -0.142. The van der Waals surface area contributed by atoms with E-state index in [4.69, 9.17) is 0 Å². The maximum Gasteiger partial charge on any atom is 0.433 e. The fourth-order valence-corrected chi connectivity index (χ4v) is 3.75. The van der Waals surface area contributed by atoms with Crippen molar-refractivity contribution >= 4 is 33.4 Å². The number of nitrogens with one attached hydrogen (secondary N) is 2. The molecule has 4 heterocycles. The molecule has 0 fully saturated rings. The summed E-state index contributed by atoms with van der Waals surface area (Å²) in [6.07, 6.45) is -7.01. The van der Waals surface area contributed by atoms with Gasteiger partial charge in [0.05, 0.1) is 10.2 Å². The molecule has 4 rings (SSSR count). The predicted octanol–water partition coefficient (Wildman–Crippen LogP) is 5.06. The lowest BCUT2D eigenvalue weighted by Gasteiger charge is -2.10. The molecule has 4 aromatic rings. The Morgan fingerprint density at radius 1 is 0.829 bits per heavy atom. The number of aromatic nitrogens is 4. The van der Waals surface area contributed by atoms with Crippen LogP contribution in [-0.2, 0) is 25.4 Å². The topological polar surface area (TPSA) is 92.7 Å². The van der Waals surface area contributed by atoms with Gasteiger partial charge >= 0.3 is 12.4 Å². The van der Waals surface area contributed by atoms with Gasteiger partial charge in [-0.05, 0) is 34.7 Å². The Morgan fingerprint density at radius 2 is 1.43 bits per heavy atom. The Kier molecular flexibility index (Phi) is 6.56. The normalized spacial score (nSPS) is 12.1. The summed E-state index contributed by atoms with van der Waals surface area (Å²) in [7, 11) is 0. The molecule has 182 valence electrons. The Morgan fingerprint density at radius 3 is 1.97 bits per heavy atom. The third kappa shape index (κ3) is 5.82. The molecule has 0 unspecified atom stereocenters. The van der Waals surface area contributed by atoms with Crippen LogP contribution in [0.25, 0.3) is 10.2 Å². The van der Waals surface area contributed by atoms with Gasteiger partial charge in [-0.2, -0.15) is 26.3 Å². The number of hydrogen-bond acceptors (Lipinski definition) is 7. The molecule has 0 aliphatic heterocycles. The highest BCUT2D eigenvalue weighted by atomic mass is 32.1. The van der Waals surface area contributed by atoms with Crippen molar-refractivity contribution in [2.24, 2.45) is 0 Å². The second-order valence-electron chi connectivity index (χ2n) is 7.17. The Balaban J connectivity index is 1.46. The van der Waals surface area contributed by atoms with Crippen LogP contribution in [0.1, 0.15) is 33.0 Å². The molecule has 0 aliphatic rings. The van der Waals surface area contributed by atoms with Crippen molar-refractivity contribution in [3.63, 3.8) is 0 Å². The summed E-state index contributed by atoms with van der Waals surface area (Å²) in [5.74, 6) is -0.517. The number of alkyl halides is 6. The molecule has 35 heavy (non-hydrogen) atoms. The summed E-state index contributed by atoms with van der Waals surface area (Å²) >= 11 is 1.23. The third-order valence-corrected chi connectivity index (χ3v) is 5.56. The zero-order valence-electron chi connectivity index (χ0n) is 17.4. The number of anilines is 1. The molecule has 0 atom stereocenters. The predicted molar refractivity (Wildman–Crippen MR) is 114 cm³/mol. The monoisotopic (exact) mass is 512 g/mol. The maximum atomic E-state index is 12.8. The van der Waals surface area contributed by atoms with E-state index in [1.165, 1.54) is 23.5 Å². The minimum Gasteiger partial charge on any atom is -0.350 e. The molecular weight excluding hydrogens is 498 g/mol. The largest absolute Gasteiger partial charge is 0.433 e. The molecular formula is C21H14F6N6OS. The molecule has 0 aromatic carbocycles. The third-order valence-electron chi connectivity index (χ3n) is 4.65. The summed E-state index contributed by atoms with van der Waals surface area (Å²) in [6.45, 7) is -0.0279. The summed E-state index contributed by atoms with van der Waals surface area (Å²) < 4.78 is 76.4. The van der Waals surface area contributed by atoms with Crippen LogP contribution in [-0.4, -0.2) is 25.8 Å². The minimum absolute atomic E-state index is 0.0397. The van der Waals surface area contributed by atoms with Gasteiger partial charge in [0, 0.05) is 25.5 Å². The zero-order chi connectivity index (χ0) is 25.2. The molecule has 0 aliphatic carbocycles. The van der Waals surface area contributed by atoms with Gasteiger partial charge in [0.15, 0.2) is 5.69 Å². The van der Waals surface area contributed by atoms with Crippen LogP contribution in [0, 0.1) is 0 Å². The van der Waals surface area contributed by atoms with Crippen LogP contribution in [0.5, 0.6) is 0 Å². The highest BCUT2D eigenvalue weighted by Gasteiger charge is 2.32. The summed E-state index contributed by atoms with van der Waals surface area (Å²) in [5.41, 5.74) is -0.747. The van der Waals surface area contributed by atoms with Crippen molar-refractivity contribution in [3.05, 3.63) is 76.3 Å². The van der Waals surface area contributed by atoms with Crippen molar-refractivity contribution in [2.75, 3.05) is 5.32 Å². The Labute approximate surface area is 197 Å². The average molecular weight is 512 g/mol. The highest BCUT2D eigenvalue weighted by molar-refractivity contribution is 7.17. The molecule has 1 amide bonds. The number of pyridine rings is 2. The number of carbonyl (C=O) groups is 1. The van der Waals surface area contributed by atoms with Crippen LogP contribution in [0.3, 0.4) is 0 Å². The fourth-order valence-electron chi connectivity index (χ4n) is 2.94. The van der Waals surface area contributed by atoms with Crippen LogP contribution in [0.4, 0.5) is 32.3 Å². The van der Waals surface area contributed by atoms with E-state index in [9.17, 15) is 31.1 Å². The first kappa shape index (κ1) is 24.3. The summed E-state index contributed by atoms with van der Waals surface area (Å²) in [4.78, 5) is 28.0. The van der Waals surface area contributed by atoms with Crippen molar-refractivity contribution in [3.8, 4) is 0 Å². The number of nitrogens with zero attached hydrogens (tertiary/aromatic N) is 4. The van der Waals surface area contributed by atoms with Gasteiger partial charge in [0.1, 0.15) is 11.4 Å². The van der Waals surface area contributed by atoms with Gasteiger partial charge in [-0.1, -0.05) is 12.1 Å². The van der Waals surface area contributed by atoms with Crippen molar-refractivity contribution < 1.29 is 31.1 Å². The number of rotatable bonds is 6. The Bertz CT molecular complexity index is 1340. The van der Waals surface area contributed by atoms with E-state index >= 15 is 0 Å². The van der Waals surface area contributed by atoms with Crippen LogP contribution >= 0.6 is 11.3 Å². The number of fused-ring (bicyclic) bond motifs is 1. The van der Waals surface area contributed by atoms with E-state index in [0.29, 0.717) is 21.3 Å². The highest BCUT2D eigenvalue weighted by Crippen LogP contribution is 2.28. The van der Waals surface area contributed by atoms with E-state index < -0.39 is 29.6 Å². The molecule has 0 saturated heterocycles. The number of thiophene rings is 1. The van der Waals surface area contributed by atoms with Gasteiger partial charge in [-0.25, -0.2) is 9.97 Å². The standard InChI is InChI=1S/C21H14F6N6OS/c22-20(23,24)14-3-1-11(7-28-14)9-30-18(34)16-17-13(5-6-35-17)32-19(33-16)31-10-12-2-4-15(29-8-12)21(25,26)27/h1-8H,9-10H2,(H,30,34)(H,31,32,33). The van der Waals surface area contributed by atoms with Gasteiger partial charge in [0.2, 0.25) is 5.95 Å². The van der Waals surface area contributed by atoms with Gasteiger partial charge in [0.25, 0.3) is 5.91 Å². The number of halogens is 6. The van der Waals surface area contributed by atoms with Crippen LogP contribution < -0.4 is 10.6 Å². The minimum atomic E-state index is -4.56. The maximum absolute atomic E-state index is 12.8. The van der Waals surface area contributed by atoms with E-state index in [-0.39, 0.29) is 24.7 Å². The zero-order valence-corrected chi connectivity index (χ0v) is 18.2. The first-order valence-electron chi connectivity index (χ1n) is 9.82. The molecule has 4 aromatic heterocycles. The summed E-state index contributed by atoms with van der Waals surface area (Å²) in [6, 6.07) is 5.82. The fraction of sp³-hybridized carbons (Fsp3) is 0.190. The lowest BCUT2D eigenvalue weighted by Crippen LogP contribution is -2.24. The van der Waals surface area contributed by atoms with E-state index in [1.807, 2.05) is 0 Å².